The number of carbonyl (C=O) groups is 1. The van der Waals surface area contributed by atoms with E-state index in [-0.39, 0.29) is 12.5 Å². The van der Waals surface area contributed by atoms with Crippen LogP contribution < -0.4 is 5.32 Å². The molecule has 1 fully saturated rings. The van der Waals surface area contributed by atoms with E-state index in [4.69, 9.17) is 5.11 Å². The van der Waals surface area contributed by atoms with E-state index < -0.39 is 5.97 Å². The molecule has 0 aromatic carbocycles. The number of rotatable bonds is 5. The Bertz CT molecular complexity index is 357. The highest BCUT2D eigenvalue weighted by Crippen LogP contribution is 2.35. The Morgan fingerprint density at radius 3 is 3.00 bits per heavy atom. The molecule has 0 aliphatic heterocycles. The molecule has 15 heavy (non-hydrogen) atoms. The van der Waals surface area contributed by atoms with Gasteiger partial charge >= 0.3 is 5.97 Å². The zero-order valence-electron chi connectivity index (χ0n) is 8.68. The summed E-state index contributed by atoms with van der Waals surface area (Å²) in [7, 11) is 1.89. The van der Waals surface area contributed by atoms with Crippen molar-refractivity contribution < 1.29 is 9.90 Å². The molecule has 1 aromatic rings. The number of imidazole rings is 1. The summed E-state index contributed by atoms with van der Waals surface area (Å²) in [5.74, 6) is 0.486. The second-order valence-electron chi connectivity index (χ2n) is 4.05. The number of nitrogens with zero attached hydrogens (tertiary/aromatic N) is 2. The number of anilines is 1. The summed E-state index contributed by atoms with van der Waals surface area (Å²) < 4.78 is 1.86. The highest BCUT2D eigenvalue weighted by atomic mass is 16.4. The zero-order valence-corrected chi connectivity index (χ0v) is 8.68. The second kappa shape index (κ2) is 3.92. The summed E-state index contributed by atoms with van der Waals surface area (Å²) in [6.07, 6.45) is 5.95. The molecule has 2 rings (SSSR count). The molecule has 2 N–H and O–H groups in total. The number of nitrogens with one attached hydrogen (secondary N) is 1. The lowest BCUT2D eigenvalue weighted by atomic mass is 10.1. The van der Waals surface area contributed by atoms with Crippen molar-refractivity contribution in [3.63, 3.8) is 0 Å². The van der Waals surface area contributed by atoms with Crippen LogP contribution in [0.15, 0.2) is 12.4 Å². The Hall–Kier alpha value is -1.52. The fraction of sp³-hybridized carbons (Fsp3) is 0.600. The van der Waals surface area contributed by atoms with Gasteiger partial charge in [0.2, 0.25) is 5.95 Å². The van der Waals surface area contributed by atoms with Gasteiger partial charge in [0.15, 0.2) is 0 Å². The van der Waals surface area contributed by atoms with Crippen LogP contribution in [-0.2, 0) is 11.8 Å². The number of aromatic nitrogens is 2. The van der Waals surface area contributed by atoms with E-state index in [1.807, 2.05) is 17.8 Å². The predicted octanol–water partition coefficient (Wildman–Crippen LogP) is 1.09. The number of hydrogen-bond acceptors (Lipinski definition) is 3. The Labute approximate surface area is 88.1 Å². The van der Waals surface area contributed by atoms with Crippen LogP contribution in [0.4, 0.5) is 5.95 Å². The van der Waals surface area contributed by atoms with Crippen molar-refractivity contribution in [2.24, 2.45) is 13.0 Å². The first kappa shape index (κ1) is 10.0. The summed E-state index contributed by atoms with van der Waals surface area (Å²) in [5, 5.41) is 12.0. The van der Waals surface area contributed by atoms with Crippen LogP contribution in [-0.4, -0.2) is 26.7 Å². The van der Waals surface area contributed by atoms with Gasteiger partial charge in [0, 0.05) is 25.5 Å². The standard InChI is InChI=1S/C10H15N3O2/c1-13-5-4-11-10(13)12-8(6-9(14)15)7-2-3-7/h4-5,7-8H,2-3,6H2,1H3,(H,11,12)(H,14,15). The Morgan fingerprint density at radius 2 is 2.53 bits per heavy atom. The number of carboxylic acids is 1. The van der Waals surface area contributed by atoms with Crippen molar-refractivity contribution in [2.45, 2.75) is 25.3 Å². The molecule has 5 heteroatoms. The highest BCUT2D eigenvalue weighted by Gasteiger charge is 2.33. The molecule has 1 saturated carbocycles. The maximum Gasteiger partial charge on any atom is 0.305 e. The SMILES string of the molecule is Cn1ccnc1NC(CC(=O)O)C1CC1. The van der Waals surface area contributed by atoms with E-state index in [1.54, 1.807) is 6.20 Å². The van der Waals surface area contributed by atoms with Crippen LogP contribution in [0.1, 0.15) is 19.3 Å². The Morgan fingerprint density at radius 1 is 1.80 bits per heavy atom. The molecular weight excluding hydrogens is 194 g/mol. The predicted molar refractivity (Wildman–Crippen MR) is 55.6 cm³/mol. The van der Waals surface area contributed by atoms with E-state index in [1.165, 1.54) is 0 Å². The van der Waals surface area contributed by atoms with Crippen LogP contribution in [0.3, 0.4) is 0 Å². The van der Waals surface area contributed by atoms with Crippen molar-refractivity contribution in [3.8, 4) is 0 Å². The van der Waals surface area contributed by atoms with Gasteiger partial charge in [-0.2, -0.15) is 0 Å². The van der Waals surface area contributed by atoms with Crippen molar-refractivity contribution in [1.82, 2.24) is 9.55 Å². The molecule has 0 amide bonds. The molecule has 1 heterocycles. The maximum atomic E-state index is 10.7. The largest absolute Gasteiger partial charge is 0.481 e. The number of aryl methyl sites for hydroxylation is 1. The van der Waals surface area contributed by atoms with Gasteiger partial charge in [-0.1, -0.05) is 0 Å². The van der Waals surface area contributed by atoms with Gasteiger partial charge in [0.05, 0.1) is 6.42 Å². The van der Waals surface area contributed by atoms with Gasteiger partial charge in [-0.15, -0.1) is 0 Å². The van der Waals surface area contributed by atoms with Crippen molar-refractivity contribution in [2.75, 3.05) is 5.32 Å². The minimum absolute atomic E-state index is 0.0172. The van der Waals surface area contributed by atoms with Gasteiger partial charge in [0.1, 0.15) is 0 Å². The van der Waals surface area contributed by atoms with E-state index >= 15 is 0 Å². The maximum absolute atomic E-state index is 10.7. The number of carboxylic acid groups (broad SMARTS) is 1. The molecule has 0 saturated heterocycles. The third-order valence-corrected chi connectivity index (χ3v) is 2.72. The minimum atomic E-state index is -0.756. The van der Waals surface area contributed by atoms with E-state index in [0.717, 1.165) is 18.8 Å². The fourth-order valence-corrected chi connectivity index (χ4v) is 1.69. The number of hydrogen-bond donors (Lipinski definition) is 2. The smallest absolute Gasteiger partial charge is 0.305 e. The van der Waals surface area contributed by atoms with Crippen molar-refractivity contribution >= 4 is 11.9 Å². The summed E-state index contributed by atoms with van der Waals surface area (Å²) in [4.78, 5) is 14.8. The molecule has 82 valence electrons. The lowest BCUT2D eigenvalue weighted by Gasteiger charge is -2.16. The minimum Gasteiger partial charge on any atom is -0.481 e. The van der Waals surface area contributed by atoms with Gasteiger partial charge < -0.3 is 15.0 Å². The summed E-state index contributed by atoms with van der Waals surface area (Å²) >= 11 is 0. The van der Waals surface area contributed by atoms with Gasteiger partial charge in [-0.05, 0) is 18.8 Å². The van der Waals surface area contributed by atoms with Crippen molar-refractivity contribution in [1.29, 1.82) is 0 Å². The third kappa shape index (κ3) is 2.49. The van der Waals surface area contributed by atoms with Gasteiger partial charge in [0.25, 0.3) is 0 Å². The lowest BCUT2D eigenvalue weighted by Crippen LogP contribution is -2.26. The van der Waals surface area contributed by atoms with Crippen LogP contribution >= 0.6 is 0 Å². The van der Waals surface area contributed by atoms with Crippen LogP contribution in [0.5, 0.6) is 0 Å². The first-order valence-corrected chi connectivity index (χ1v) is 5.12. The third-order valence-electron chi connectivity index (χ3n) is 2.72. The molecule has 1 unspecified atom stereocenters. The molecular formula is C10H15N3O2. The first-order chi connectivity index (χ1) is 7.16. The molecule has 1 aliphatic rings. The van der Waals surface area contributed by atoms with Gasteiger partial charge in [-0.25, -0.2) is 4.98 Å². The topological polar surface area (TPSA) is 67.2 Å². The normalized spacial score (nSPS) is 17.4. The molecule has 5 nitrogen and oxygen atoms in total. The lowest BCUT2D eigenvalue weighted by molar-refractivity contribution is -0.137. The molecule has 1 atom stereocenters. The molecule has 1 aromatic heterocycles. The average Bonchev–Trinajstić information content (AvgIpc) is 2.92. The molecule has 0 radical (unpaired) electrons. The highest BCUT2D eigenvalue weighted by molar-refractivity contribution is 5.68. The second-order valence-corrected chi connectivity index (χ2v) is 4.05. The van der Waals surface area contributed by atoms with E-state index in [9.17, 15) is 4.79 Å². The molecule has 0 spiro atoms. The van der Waals surface area contributed by atoms with E-state index in [0.29, 0.717) is 5.92 Å². The average molecular weight is 209 g/mol. The summed E-state index contributed by atoms with van der Waals surface area (Å²) in [6.45, 7) is 0. The monoisotopic (exact) mass is 209 g/mol. The summed E-state index contributed by atoms with van der Waals surface area (Å²) in [6, 6.07) is 0.0172. The Balaban J connectivity index is 2.00. The van der Waals surface area contributed by atoms with Gasteiger partial charge in [-0.3, -0.25) is 4.79 Å². The zero-order chi connectivity index (χ0) is 10.8. The van der Waals surface area contributed by atoms with Crippen molar-refractivity contribution in [3.05, 3.63) is 12.4 Å². The van der Waals surface area contributed by atoms with E-state index in [2.05, 4.69) is 10.3 Å². The summed E-state index contributed by atoms with van der Waals surface area (Å²) in [5.41, 5.74) is 0. The first-order valence-electron chi connectivity index (χ1n) is 5.12. The van der Waals surface area contributed by atoms with Crippen LogP contribution in [0.25, 0.3) is 0 Å². The number of aliphatic carboxylic acids is 1. The van der Waals surface area contributed by atoms with Crippen LogP contribution in [0, 0.1) is 5.92 Å². The quantitative estimate of drug-likeness (QED) is 0.761. The van der Waals surface area contributed by atoms with Crippen LogP contribution in [0.2, 0.25) is 0 Å². The molecule has 1 aliphatic carbocycles. The fourth-order valence-electron chi connectivity index (χ4n) is 1.69. The Kier molecular flexibility index (Phi) is 2.62. The molecule has 0 bridgehead atoms.